The molecule has 0 aromatic carbocycles. The predicted octanol–water partition coefficient (Wildman–Crippen LogP) is 2.10. The summed E-state index contributed by atoms with van der Waals surface area (Å²) in [7, 11) is 0. The standard InChI is InChI=1S/C6H7F3N2S/c7-6(8,9)1-4(10)5-2-12-3-11-5/h2-4H,1,10H2. The van der Waals surface area contributed by atoms with E-state index in [0.717, 1.165) is 0 Å². The van der Waals surface area contributed by atoms with Crippen molar-refractivity contribution >= 4 is 11.3 Å². The molecule has 0 spiro atoms. The van der Waals surface area contributed by atoms with Crippen molar-refractivity contribution < 1.29 is 13.2 Å². The van der Waals surface area contributed by atoms with Crippen LogP contribution >= 0.6 is 11.3 Å². The van der Waals surface area contributed by atoms with Gasteiger partial charge in [-0.05, 0) is 0 Å². The van der Waals surface area contributed by atoms with Gasteiger partial charge in [0.05, 0.1) is 23.7 Å². The number of nitrogens with zero attached hydrogens (tertiary/aromatic N) is 1. The van der Waals surface area contributed by atoms with E-state index in [0.29, 0.717) is 5.69 Å². The largest absolute Gasteiger partial charge is 0.390 e. The Morgan fingerprint density at radius 3 is 2.67 bits per heavy atom. The van der Waals surface area contributed by atoms with Gasteiger partial charge in [0.15, 0.2) is 0 Å². The quantitative estimate of drug-likeness (QED) is 0.786. The number of nitrogens with two attached hydrogens (primary N) is 1. The minimum absolute atomic E-state index is 0.303. The molecule has 12 heavy (non-hydrogen) atoms. The van der Waals surface area contributed by atoms with Gasteiger partial charge in [0.25, 0.3) is 0 Å². The van der Waals surface area contributed by atoms with Gasteiger partial charge < -0.3 is 5.73 Å². The summed E-state index contributed by atoms with van der Waals surface area (Å²) in [6.07, 6.45) is -5.24. The number of thiazole rings is 1. The van der Waals surface area contributed by atoms with Gasteiger partial charge in [0, 0.05) is 5.38 Å². The van der Waals surface area contributed by atoms with Crippen molar-refractivity contribution in [3.8, 4) is 0 Å². The average Bonchev–Trinajstić information content (AvgIpc) is 2.32. The summed E-state index contributed by atoms with van der Waals surface area (Å²) in [6.45, 7) is 0. The minimum Gasteiger partial charge on any atom is -0.322 e. The summed E-state index contributed by atoms with van der Waals surface area (Å²) in [5.74, 6) is 0. The molecule has 0 aliphatic heterocycles. The number of hydrogen-bond donors (Lipinski definition) is 1. The van der Waals surface area contributed by atoms with E-state index in [9.17, 15) is 13.2 Å². The molecular formula is C6H7F3N2S. The highest BCUT2D eigenvalue weighted by atomic mass is 32.1. The van der Waals surface area contributed by atoms with Crippen LogP contribution in [0.5, 0.6) is 0 Å². The van der Waals surface area contributed by atoms with E-state index < -0.39 is 18.6 Å². The SMILES string of the molecule is NC(CC(F)(F)F)c1cscn1. The molecule has 0 fully saturated rings. The summed E-state index contributed by atoms with van der Waals surface area (Å²) in [6, 6.07) is -1.03. The highest BCUT2D eigenvalue weighted by Crippen LogP contribution is 2.27. The van der Waals surface area contributed by atoms with Gasteiger partial charge in [-0.1, -0.05) is 0 Å². The number of halogens is 3. The summed E-state index contributed by atoms with van der Waals surface area (Å²) in [5.41, 5.74) is 7.02. The molecule has 68 valence electrons. The molecule has 1 heterocycles. The zero-order chi connectivity index (χ0) is 9.19. The van der Waals surface area contributed by atoms with Gasteiger partial charge in [-0.2, -0.15) is 13.2 Å². The van der Waals surface area contributed by atoms with Crippen molar-refractivity contribution in [1.82, 2.24) is 4.98 Å². The van der Waals surface area contributed by atoms with Crippen LogP contribution in [0.15, 0.2) is 10.9 Å². The summed E-state index contributed by atoms with van der Waals surface area (Å²) < 4.78 is 35.4. The van der Waals surface area contributed by atoms with E-state index in [1.165, 1.54) is 22.2 Å². The van der Waals surface area contributed by atoms with Crippen LogP contribution in [-0.2, 0) is 0 Å². The molecule has 0 aliphatic carbocycles. The Bertz CT molecular complexity index is 231. The van der Waals surface area contributed by atoms with Gasteiger partial charge in [-0.25, -0.2) is 4.98 Å². The van der Waals surface area contributed by atoms with Crippen LogP contribution in [0.25, 0.3) is 0 Å². The topological polar surface area (TPSA) is 38.9 Å². The van der Waals surface area contributed by atoms with Gasteiger partial charge >= 0.3 is 6.18 Å². The lowest BCUT2D eigenvalue weighted by molar-refractivity contribution is -0.138. The Morgan fingerprint density at radius 1 is 1.58 bits per heavy atom. The third-order valence-corrected chi connectivity index (χ3v) is 1.89. The molecule has 1 unspecified atom stereocenters. The van der Waals surface area contributed by atoms with Crippen LogP contribution in [-0.4, -0.2) is 11.2 Å². The lowest BCUT2D eigenvalue weighted by atomic mass is 10.2. The maximum absolute atomic E-state index is 11.8. The van der Waals surface area contributed by atoms with Gasteiger partial charge in [0.1, 0.15) is 0 Å². The number of hydrogen-bond acceptors (Lipinski definition) is 3. The zero-order valence-corrected chi connectivity index (χ0v) is 6.82. The van der Waals surface area contributed by atoms with Crippen LogP contribution in [0.4, 0.5) is 13.2 Å². The van der Waals surface area contributed by atoms with Crippen LogP contribution in [0.3, 0.4) is 0 Å². The third kappa shape index (κ3) is 2.78. The highest BCUT2D eigenvalue weighted by molar-refractivity contribution is 7.07. The number of rotatable bonds is 2. The molecule has 0 amide bonds. The Labute approximate surface area is 71.2 Å². The fourth-order valence-corrected chi connectivity index (χ4v) is 1.38. The molecular weight excluding hydrogens is 189 g/mol. The zero-order valence-electron chi connectivity index (χ0n) is 6.01. The molecule has 0 saturated carbocycles. The van der Waals surface area contributed by atoms with Gasteiger partial charge in [-0.15, -0.1) is 11.3 Å². The Hall–Kier alpha value is -0.620. The van der Waals surface area contributed by atoms with Crippen LogP contribution in [0, 0.1) is 0 Å². The van der Waals surface area contributed by atoms with E-state index in [4.69, 9.17) is 5.73 Å². The van der Waals surface area contributed by atoms with Crippen molar-refractivity contribution in [3.05, 3.63) is 16.6 Å². The summed E-state index contributed by atoms with van der Waals surface area (Å²) >= 11 is 1.24. The van der Waals surface area contributed by atoms with E-state index in [-0.39, 0.29) is 0 Å². The molecule has 0 radical (unpaired) electrons. The fraction of sp³-hybridized carbons (Fsp3) is 0.500. The highest BCUT2D eigenvalue weighted by Gasteiger charge is 2.31. The van der Waals surface area contributed by atoms with Crippen molar-refractivity contribution in [2.24, 2.45) is 5.73 Å². The first-order chi connectivity index (χ1) is 5.49. The molecule has 0 bridgehead atoms. The molecule has 0 saturated heterocycles. The minimum atomic E-state index is -4.22. The Morgan fingerprint density at radius 2 is 2.25 bits per heavy atom. The van der Waals surface area contributed by atoms with Crippen molar-refractivity contribution in [3.63, 3.8) is 0 Å². The third-order valence-electron chi connectivity index (χ3n) is 1.28. The molecule has 1 aromatic heterocycles. The Balaban J connectivity index is 2.56. The van der Waals surface area contributed by atoms with Crippen molar-refractivity contribution in [2.45, 2.75) is 18.6 Å². The van der Waals surface area contributed by atoms with Gasteiger partial charge in [0.2, 0.25) is 0 Å². The second-order valence-corrected chi connectivity index (χ2v) is 3.06. The molecule has 2 N–H and O–H groups in total. The van der Waals surface area contributed by atoms with E-state index in [1.54, 1.807) is 0 Å². The summed E-state index contributed by atoms with van der Waals surface area (Å²) in [4.78, 5) is 3.69. The first-order valence-electron chi connectivity index (χ1n) is 3.19. The predicted molar refractivity (Wildman–Crippen MR) is 39.7 cm³/mol. The molecule has 1 rings (SSSR count). The molecule has 0 aliphatic rings. The van der Waals surface area contributed by atoms with Crippen LogP contribution in [0.1, 0.15) is 18.2 Å². The molecule has 2 nitrogen and oxygen atoms in total. The average molecular weight is 196 g/mol. The number of alkyl halides is 3. The summed E-state index contributed by atoms with van der Waals surface area (Å²) in [5, 5.41) is 1.52. The van der Waals surface area contributed by atoms with E-state index >= 15 is 0 Å². The molecule has 1 atom stereocenters. The maximum atomic E-state index is 11.8. The lowest BCUT2D eigenvalue weighted by Gasteiger charge is -2.11. The van der Waals surface area contributed by atoms with E-state index in [2.05, 4.69) is 4.98 Å². The van der Waals surface area contributed by atoms with Crippen molar-refractivity contribution in [2.75, 3.05) is 0 Å². The monoisotopic (exact) mass is 196 g/mol. The smallest absolute Gasteiger partial charge is 0.322 e. The first-order valence-corrected chi connectivity index (χ1v) is 4.14. The maximum Gasteiger partial charge on any atom is 0.390 e. The molecule has 6 heteroatoms. The van der Waals surface area contributed by atoms with Crippen LogP contribution in [0.2, 0.25) is 0 Å². The van der Waals surface area contributed by atoms with Crippen LogP contribution < -0.4 is 5.73 Å². The van der Waals surface area contributed by atoms with Gasteiger partial charge in [-0.3, -0.25) is 0 Å². The second-order valence-electron chi connectivity index (χ2n) is 2.34. The lowest BCUT2D eigenvalue weighted by Crippen LogP contribution is -2.20. The number of aromatic nitrogens is 1. The fourth-order valence-electron chi connectivity index (χ4n) is 0.759. The normalized spacial score (nSPS) is 14.7. The van der Waals surface area contributed by atoms with E-state index in [1.807, 2.05) is 0 Å². The first kappa shape index (κ1) is 9.47. The van der Waals surface area contributed by atoms with Crippen molar-refractivity contribution in [1.29, 1.82) is 0 Å². The second kappa shape index (κ2) is 3.40. The molecule has 1 aromatic rings. The Kier molecular flexibility index (Phi) is 2.69.